The number of amides is 1. The number of unbranched alkanes of at least 4 members (excludes halogenated alkanes) is 1. The molecule has 1 aliphatic carbocycles. The van der Waals surface area contributed by atoms with Gasteiger partial charge < -0.3 is 0 Å². The van der Waals surface area contributed by atoms with Crippen LogP contribution in [0.25, 0.3) is 0 Å². The number of hydrogen-bond acceptors (Lipinski definition) is 2. The van der Waals surface area contributed by atoms with Crippen molar-refractivity contribution in [1.82, 2.24) is 0 Å². The fourth-order valence-corrected chi connectivity index (χ4v) is 3.86. The van der Waals surface area contributed by atoms with Gasteiger partial charge in [-0.2, -0.15) is 0 Å². The molecule has 1 fully saturated rings. The summed E-state index contributed by atoms with van der Waals surface area (Å²) < 4.78 is 0. The Labute approximate surface area is 164 Å². The molecule has 0 heterocycles. The van der Waals surface area contributed by atoms with Crippen LogP contribution in [0.1, 0.15) is 79.1 Å². The van der Waals surface area contributed by atoms with Gasteiger partial charge in [-0.25, -0.2) is 0 Å². The molecule has 1 aliphatic rings. The van der Waals surface area contributed by atoms with Gasteiger partial charge in [0.05, 0.1) is 0 Å². The second kappa shape index (κ2) is 9.34. The van der Waals surface area contributed by atoms with Crippen LogP contribution in [0.15, 0.2) is 42.6 Å². The molecule has 0 aromatic heterocycles. The Morgan fingerprint density at radius 2 is 1.89 bits per heavy atom. The summed E-state index contributed by atoms with van der Waals surface area (Å²) in [5.41, 5.74) is 0.171. The molecule has 2 rings (SSSR count). The van der Waals surface area contributed by atoms with Crippen LogP contribution in [0, 0.1) is 10.8 Å². The fraction of sp³-hybridized carbons (Fsp3) is 0.583. The van der Waals surface area contributed by atoms with Crippen molar-refractivity contribution in [1.29, 1.82) is 0 Å². The molecule has 0 unspecified atom stereocenters. The normalized spacial score (nSPS) is 20.8. The van der Waals surface area contributed by atoms with E-state index in [1.807, 2.05) is 57.3 Å². The van der Waals surface area contributed by atoms with Crippen molar-refractivity contribution in [2.75, 3.05) is 4.90 Å². The quantitative estimate of drug-likeness (QED) is 0.566. The lowest BCUT2D eigenvalue weighted by Gasteiger charge is -2.35. The maximum Gasteiger partial charge on any atom is 0.236 e. The van der Waals surface area contributed by atoms with E-state index in [0.717, 1.165) is 50.6 Å². The number of anilines is 1. The van der Waals surface area contributed by atoms with Crippen LogP contribution < -0.4 is 4.90 Å². The van der Waals surface area contributed by atoms with Gasteiger partial charge in [0, 0.05) is 29.1 Å². The van der Waals surface area contributed by atoms with Crippen molar-refractivity contribution in [3.8, 4) is 0 Å². The number of para-hydroxylation sites is 1. The number of benzene rings is 1. The molecule has 3 nitrogen and oxygen atoms in total. The predicted octanol–water partition coefficient (Wildman–Crippen LogP) is 6.29. The molecule has 0 saturated heterocycles. The zero-order valence-corrected chi connectivity index (χ0v) is 17.5. The largest absolute Gasteiger partial charge is 0.299 e. The fourth-order valence-electron chi connectivity index (χ4n) is 3.86. The van der Waals surface area contributed by atoms with Crippen LogP contribution in [-0.4, -0.2) is 11.7 Å². The van der Waals surface area contributed by atoms with E-state index in [4.69, 9.17) is 0 Å². The molecule has 148 valence electrons. The van der Waals surface area contributed by atoms with E-state index in [1.165, 1.54) is 0 Å². The van der Waals surface area contributed by atoms with E-state index in [-0.39, 0.29) is 11.3 Å². The molecule has 3 heteroatoms. The zero-order chi connectivity index (χ0) is 19.9. The molecule has 1 aromatic rings. The number of hydrogen-bond donors (Lipinski definition) is 0. The van der Waals surface area contributed by atoms with Gasteiger partial charge in [-0.3, -0.25) is 14.5 Å². The molecule has 0 aliphatic heterocycles. The van der Waals surface area contributed by atoms with Gasteiger partial charge in [0.15, 0.2) is 0 Å². The van der Waals surface area contributed by atoms with Crippen LogP contribution in [0.4, 0.5) is 5.69 Å². The smallest absolute Gasteiger partial charge is 0.236 e. The van der Waals surface area contributed by atoms with E-state index < -0.39 is 5.41 Å². The number of rotatable bonds is 7. The van der Waals surface area contributed by atoms with Crippen LogP contribution in [0.5, 0.6) is 0 Å². The molecule has 1 amide bonds. The second-order valence-electron chi connectivity index (χ2n) is 8.86. The van der Waals surface area contributed by atoms with Crippen molar-refractivity contribution in [2.24, 2.45) is 10.8 Å². The van der Waals surface area contributed by atoms with Crippen molar-refractivity contribution in [3.05, 3.63) is 42.6 Å². The minimum Gasteiger partial charge on any atom is -0.299 e. The molecule has 0 N–H and O–H groups in total. The summed E-state index contributed by atoms with van der Waals surface area (Å²) in [5.74, 6) is 0.475. The first kappa shape index (κ1) is 21.4. The molecular weight excluding hydrogens is 334 g/mol. The minimum atomic E-state index is -0.471. The van der Waals surface area contributed by atoms with Crippen LogP contribution in [-0.2, 0) is 9.59 Å². The summed E-state index contributed by atoms with van der Waals surface area (Å²) >= 11 is 0. The third-order valence-corrected chi connectivity index (χ3v) is 5.57. The molecule has 27 heavy (non-hydrogen) atoms. The van der Waals surface area contributed by atoms with Gasteiger partial charge in [-0.05, 0) is 37.8 Å². The summed E-state index contributed by atoms with van der Waals surface area (Å²) in [6.07, 6.45) is 11.7. The van der Waals surface area contributed by atoms with Crippen LogP contribution in [0.3, 0.4) is 0 Å². The van der Waals surface area contributed by atoms with Gasteiger partial charge in [-0.15, -0.1) is 0 Å². The first-order valence-electron chi connectivity index (χ1n) is 10.4. The summed E-state index contributed by atoms with van der Waals surface area (Å²) in [6.45, 7) is 7.99. The Hall–Kier alpha value is -1.90. The highest BCUT2D eigenvalue weighted by Crippen LogP contribution is 2.41. The Kier molecular flexibility index (Phi) is 7.41. The Morgan fingerprint density at radius 1 is 1.19 bits per heavy atom. The molecule has 1 aromatic carbocycles. The molecule has 0 spiro atoms. The third kappa shape index (κ3) is 5.54. The summed E-state index contributed by atoms with van der Waals surface area (Å²) in [5, 5.41) is 0. The third-order valence-electron chi connectivity index (χ3n) is 5.57. The predicted molar refractivity (Wildman–Crippen MR) is 113 cm³/mol. The van der Waals surface area contributed by atoms with Gasteiger partial charge >= 0.3 is 0 Å². The SMILES string of the molecule is CCCC[C@@]1(C/C=C/N(C(=O)C(C)(C)C)c2ccccc2)CCCCC1=O. The minimum absolute atomic E-state index is 0.0579. The average Bonchev–Trinajstić information content (AvgIpc) is 2.65. The monoisotopic (exact) mass is 369 g/mol. The Balaban J connectivity index is 2.23. The maximum absolute atomic E-state index is 13.0. The van der Waals surface area contributed by atoms with Crippen molar-refractivity contribution < 1.29 is 9.59 Å². The van der Waals surface area contributed by atoms with Crippen molar-refractivity contribution in [2.45, 2.75) is 79.1 Å². The number of carbonyl (C=O) groups excluding carboxylic acids is 2. The van der Waals surface area contributed by atoms with E-state index in [0.29, 0.717) is 12.2 Å². The first-order chi connectivity index (χ1) is 12.8. The highest BCUT2D eigenvalue weighted by atomic mass is 16.2. The van der Waals surface area contributed by atoms with E-state index >= 15 is 0 Å². The molecule has 1 atom stereocenters. The number of Topliss-reactive ketones (excluding diaryl/α,β-unsaturated/α-hetero) is 1. The van der Waals surface area contributed by atoms with Crippen molar-refractivity contribution >= 4 is 17.4 Å². The van der Waals surface area contributed by atoms with Gasteiger partial charge in [0.2, 0.25) is 5.91 Å². The maximum atomic E-state index is 13.0. The van der Waals surface area contributed by atoms with Crippen LogP contribution >= 0.6 is 0 Å². The van der Waals surface area contributed by atoms with E-state index in [9.17, 15) is 9.59 Å². The highest BCUT2D eigenvalue weighted by molar-refractivity contribution is 5.98. The molecule has 0 radical (unpaired) electrons. The molecular formula is C24H35NO2. The summed E-state index contributed by atoms with van der Waals surface area (Å²) in [6, 6.07) is 9.74. The summed E-state index contributed by atoms with van der Waals surface area (Å²) in [7, 11) is 0. The Morgan fingerprint density at radius 3 is 2.48 bits per heavy atom. The van der Waals surface area contributed by atoms with Gasteiger partial charge in [-0.1, -0.05) is 71.2 Å². The molecule has 0 bridgehead atoms. The molecule has 1 saturated carbocycles. The first-order valence-corrected chi connectivity index (χ1v) is 10.4. The standard InChI is InChI=1S/C24H35NO2/c1-5-6-16-24(17-11-10-15-21(24)26)18-12-19-25(22(27)23(2,3)4)20-13-8-7-9-14-20/h7-9,12-14,19H,5-6,10-11,15-18H2,1-4H3/b19-12+/t24-/m0/s1. The number of nitrogens with zero attached hydrogens (tertiary/aromatic N) is 1. The van der Waals surface area contributed by atoms with Crippen LogP contribution in [0.2, 0.25) is 0 Å². The second-order valence-corrected chi connectivity index (χ2v) is 8.86. The lowest BCUT2D eigenvalue weighted by atomic mass is 9.68. The number of carbonyl (C=O) groups is 2. The lowest BCUT2D eigenvalue weighted by Crippen LogP contribution is -2.36. The van der Waals surface area contributed by atoms with E-state index in [1.54, 1.807) is 4.90 Å². The summed E-state index contributed by atoms with van der Waals surface area (Å²) in [4.78, 5) is 27.5. The van der Waals surface area contributed by atoms with Gasteiger partial charge in [0.1, 0.15) is 5.78 Å². The number of allylic oxidation sites excluding steroid dienone is 1. The topological polar surface area (TPSA) is 37.4 Å². The zero-order valence-electron chi connectivity index (χ0n) is 17.5. The highest BCUT2D eigenvalue weighted by Gasteiger charge is 2.38. The van der Waals surface area contributed by atoms with Crippen molar-refractivity contribution in [3.63, 3.8) is 0 Å². The Bertz CT molecular complexity index is 657. The average molecular weight is 370 g/mol. The number of ketones is 1. The van der Waals surface area contributed by atoms with E-state index in [2.05, 4.69) is 13.0 Å². The van der Waals surface area contributed by atoms with Gasteiger partial charge in [0.25, 0.3) is 0 Å². The lowest BCUT2D eigenvalue weighted by molar-refractivity contribution is -0.131.